The van der Waals surface area contributed by atoms with E-state index in [0.717, 1.165) is 0 Å². The fourth-order valence-electron chi connectivity index (χ4n) is 2.43. The second-order valence-electron chi connectivity index (χ2n) is 5.46. The number of aryl methyl sites for hydroxylation is 1. The standard InChI is InChI=1S/C17H15N5O4/c23-16(20-19-14-7-3-4-8-15(14)22(25)26)9-10-21-11-18-13-6-2-1-5-12(13)17(21)24/h1-8,11,19H,9-10H2,(H,20,23). The second kappa shape index (κ2) is 7.43. The first-order chi connectivity index (χ1) is 12.6. The van der Waals surface area contributed by atoms with Crippen LogP contribution in [0.5, 0.6) is 0 Å². The van der Waals surface area contributed by atoms with Crippen molar-refractivity contribution in [3.05, 3.63) is 75.3 Å². The maximum absolute atomic E-state index is 12.3. The van der Waals surface area contributed by atoms with E-state index in [9.17, 15) is 19.7 Å². The average molecular weight is 353 g/mol. The Morgan fingerprint density at radius 3 is 2.69 bits per heavy atom. The summed E-state index contributed by atoms with van der Waals surface area (Å²) in [5.74, 6) is -0.414. The van der Waals surface area contributed by atoms with Crippen molar-refractivity contribution in [3.63, 3.8) is 0 Å². The minimum absolute atomic E-state index is 0.00750. The lowest BCUT2D eigenvalue weighted by Gasteiger charge is -2.10. The van der Waals surface area contributed by atoms with Crippen LogP contribution in [0.2, 0.25) is 0 Å². The van der Waals surface area contributed by atoms with Crippen LogP contribution in [0.1, 0.15) is 6.42 Å². The van der Waals surface area contributed by atoms with Crippen LogP contribution in [0.4, 0.5) is 11.4 Å². The summed E-state index contributed by atoms with van der Waals surface area (Å²) in [5.41, 5.74) is 5.32. The molecular formula is C17H15N5O4. The largest absolute Gasteiger partial charge is 0.298 e. The normalized spacial score (nSPS) is 10.5. The van der Waals surface area contributed by atoms with Crippen LogP contribution in [0.3, 0.4) is 0 Å². The van der Waals surface area contributed by atoms with Crippen LogP contribution in [0.25, 0.3) is 10.9 Å². The van der Waals surface area contributed by atoms with Crippen LogP contribution in [0, 0.1) is 10.1 Å². The molecule has 0 spiro atoms. The number of hydrogen-bond donors (Lipinski definition) is 2. The molecule has 26 heavy (non-hydrogen) atoms. The van der Waals surface area contributed by atoms with E-state index in [1.807, 2.05) is 0 Å². The van der Waals surface area contributed by atoms with Gasteiger partial charge in [-0.2, -0.15) is 0 Å². The summed E-state index contributed by atoms with van der Waals surface area (Å²) >= 11 is 0. The molecule has 0 aliphatic carbocycles. The molecular weight excluding hydrogens is 338 g/mol. The molecule has 0 saturated heterocycles. The highest BCUT2D eigenvalue weighted by Crippen LogP contribution is 2.22. The number of benzene rings is 2. The average Bonchev–Trinajstić information content (AvgIpc) is 2.66. The maximum atomic E-state index is 12.3. The molecule has 0 fully saturated rings. The van der Waals surface area contributed by atoms with Gasteiger partial charge in [0.2, 0.25) is 5.91 Å². The summed E-state index contributed by atoms with van der Waals surface area (Å²) in [6, 6.07) is 12.9. The van der Waals surface area contributed by atoms with Crippen molar-refractivity contribution in [1.29, 1.82) is 0 Å². The summed E-state index contributed by atoms with van der Waals surface area (Å²) in [6.07, 6.45) is 1.40. The van der Waals surface area contributed by atoms with Crippen LogP contribution < -0.4 is 16.4 Å². The molecule has 3 rings (SSSR count). The number of carbonyl (C=O) groups excluding carboxylic acids is 1. The highest BCUT2D eigenvalue weighted by Gasteiger charge is 2.13. The molecule has 2 N–H and O–H groups in total. The van der Waals surface area contributed by atoms with Gasteiger partial charge in [-0.05, 0) is 18.2 Å². The van der Waals surface area contributed by atoms with Gasteiger partial charge in [0.15, 0.2) is 0 Å². The highest BCUT2D eigenvalue weighted by molar-refractivity contribution is 5.79. The number of nitro groups is 1. The molecule has 0 aliphatic rings. The van der Waals surface area contributed by atoms with Gasteiger partial charge in [0.05, 0.1) is 22.2 Å². The SMILES string of the molecule is O=C(CCn1cnc2ccccc2c1=O)NNc1ccccc1[N+](=O)[O-]. The number of nitrogens with one attached hydrogen (secondary N) is 2. The van der Waals surface area contributed by atoms with Crippen LogP contribution in [-0.2, 0) is 11.3 Å². The summed E-state index contributed by atoms with van der Waals surface area (Å²) in [6.45, 7) is 0.140. The van der Waals surface area contributed by atoms with Gasteiger partial charge in [0.25, 0.3) is 11.2 Å². The molecule has 0 radical (unpaired) electrons. The minimum Gasteiger partial charge on any atom is -0.298 e. The maximum Gasteiger partial charge on any atom is 0.294 e. The fourth-order valence-corrected chi connectivity index (χ4v) is 2.43. The van der Waals surface area contributed by atoms with Crippen molar-refractivity contribution in [2.75, 3.05) is 5.43 Å². The molecule has 0 atom stereocenters. The van der Waals surface area contributed by atoms with Gasteiger partial charge in [0, 0.05) is 19.0 Å². The Bertz CT molecular complexity index is 1030. The summed E-state index contributed by atoms with van der Waals surface area (Å²) < 4.78 is 1.35. The van der Waals surface area contributed by atoms with Gasteiger partial charge in [0.1, 0.15) is 5.69 Å². The predicted octanol–water partition coefficient (Wildman–Crippen LogP) is 1.84. The molecule has 9 heteroatoms. The third-order valence-corrected chi connectivity index (χ3v) is 3.75. The number of para-hydroxylation sites is 3. The molecule has 0 aliphatic heterocycles. The zero-order valence-corrected chi connectivity index (χ0v) is 13.6. The minimum atomic E-state index is -0.547. The van der Waals surface area contributed by atoms with Gasteiger partial charge in [-0.15, -0.1) is 0 Å². The lowest BCUT2D eigenvalue weighted by atomic mass is 10.2. The van der Waals surface area contributed by atoms with Crippen LogP contribution >= 0.6 is 0 Å². The van der Waals surface area contributed by atoms with E-state index in [4.69, 9.17) is 0 Å². The van der Waals surface area contributed by atoms with E-state index in [1.54, 1.807) is 30.3 Å². The molecule has 1 amide bonds. The molecule has 0 bridgehead atoms. The van der Waals surface area contributed by atoms with Crippen molar-refractivity contribution in [2.24, 2.45) is 0 Å². The topological polar surface area (TPSA) is 119 Å². The molecule has 132 valence electrons. The van der Waals surface area contributed by atoms with Crippen molar-refractivity contribution in [3.8, 4) is 0 Å². The first-order valence-electron chi connectivity index (χ1n) is 7.79. The molecule has 1 aromatic heterocycles. The Morgan fingerprint density at radius 2 is 1.88 bits per heavy atom. The van der Waals surface area contributed by atoms with Crippen LogP contribution in [0.15, 0.2) is 59.7 Å². The third kappa shape index (κ3) is 3.66. The Labute approximate surface area is 147 Å². The van der Waals surface area contributed by atoms with Crippen LogP contribution in [-0.4, -0.2) is 20.4 Å². The summed E-state index contributed by atoms with van der Waals surface area (Å²) in [7, 11) is 0. The lowest BCUT2D eigenvalue weighted by Crippen LogP contribution is -2.31. The van der Waals surface area contributed by atoms with Gasteiger partial charge in [-0.3, -0.25) is 35.1 Å². The first-order valence-corrected chi connectivity index (χ1v) is 7.79. The number of carbonyl (C=O) groups is 1. The Balaban J connectivity index is 1.62. The molecule has 3 aromatic rings. The predicted molar refractivity (Wildman–Crippen MR) is 95.5 cm³/mol. The Hall–Kier alpha value is -3.75. The number of anilines is 1. The number of hydrogen-bond acceptors (Lipinski definition) is 6. The summed E-state index contributed by atoms with van der Waals surface area (Å²) in [5, 5.41) is 11.4. The van der Waals surface area contributed by atoms with Gasteiger partial charge >= 0.3 is 0 Å². The smallest absolute Gasteiger partial charge is 0.294 e. The number of nitro benzene ring substituents is 1. The third-order valence-electron chi connectivity index (χ3n) is 3.75. The van der Waals surface area contributed by atoms with E-state index < -0.39 is 10.8 Å². The van der Waals surface area contributed by atoms with Gasteiger partial charge in [-0.1, -0.05) is 24.3 Å². The fraction of sp³-hybridized carbons (Fsp3) is 0.118. The number of nitrogens with zero attached hydrogens (tertiary/aromatic N) is 3. The van der Waals surface area contributed by atoms with Crippen molar-refractivity contribution in [1.82, 2.24) is 15.0 Å². The second-order valence-corrected chi connectivity index (χ2v) is 5.46. The quantitative estimate of drug-likeness (QED) is 0.515. The van der Waals surface area contributed by atoms with Crippen molar-refractivity contribution >= 4 is 28.2 Å². The highest BCUT2D eigenvalue weighted by atomic mass is 16.6. The monoisotopic (exact) mass is 353 g/mol. The van der Waals surface area contributed by atoms with E-state index in [-0.39, 0.29) is 29.9 Å². The van der Waals surface area contributed by atoms with E-state index in [1.165, 1.54) is 29.1 Å². The first kappa shape index (κ1) is 17.1. The zero-order valence-electron chi connectivity index (χ0n) is 13.6. The Kier molecular flexibility index (Phi) is 4.88. The number of amides is 1. The van der Waals surface area contributed by atoms with E-state index in [0.29, 0.717) is 10.9 Å². The molecule has 0 saturated carbocycles. The van der Waals surface area contributed by atoms with Crippen molar-refractivity contribution in [2.45, 2.75) is 13.0 Å². The molecule has 9 nitrogen and oxygen atoms in total. The number of hydrazine groups is 1. The van der Waals surface area contributed by atoms with E-state index in [2.05, 4.69) is 15.8 Å². The molecule has 2 aromatic carbocycles. The molecule has 1 heterocycles. The van der Waals surface area contributed by atoms with Gasteiger partial charge in [-0.25, -0.2) is 4.98 Å². The number of fused-ring (bicyclic) bond motifs is 1. The number of aromatic nitrogens is 2. The lowest BCUT2D eigenvalue weighted by molar-refractivity contribution is -0.384. The van der Waals surface area contributed by atoms with E-state index >= 15 is 0 Å². The van der Waals surface area contributed by atoms with Crippen molar-refractivity contribution < 1.29 is 9.72 Å². The Morgan fingerprint density at radius 1 is 1.15 bits per heavy atom. The zero-order chi connectivity index (χ0) is 18.5. The molecule has 0 unspecified atom stereocenters. The van der Waals surface area contributed by atoms with Gasteiger partial charge < -0.3 is 0 Å². The number of rotatable bonds is 6. The summed E-state index contributed by atoms with van der Waals surface area (Å²) in [4.78, 5) is 38.9.